The Bertz CT molecular complexity index is 1040. The van der Waals surface area contributed by atoms with Gasteiger partial charge in [-0.3, -0.25) is 0 Å². The molecule has 140 valence electrons. The molecule has 0 atom stereocenters. The van der Waals surface area contributed by atoms with E-state index < -0.39 is 0 Å². The fourth-order valence-electron chi connectivity index (χ4n) is 4.15. The van der Waals surface area contributed by atoms with Crippen LogP contribution in [0.1, 0.15) is 54.9 Å². The van der Waals surface area contributed by atoms with Gasteiger partial charge in [-0.25, -0.2) is 4.39 Å². The van der Waals surface area contributed by atoms with Crippen molar-refractivity contribution in [2.24, 2.45) is 0 Å². The van der Waals surface area contributed by atoms with Crippen molar-refractivity contribution in [1.29, 1.82) is 5.26 Å². The predicted molar refractivity (Wildman–Crippen MR) is 113 cm³/mol. The molecule has 0 saturated heterocycles. The van der Waals surface area contributed by atoms with Gasteiger partial charge in [0.2, 0.25) is 0 Å². The maximum absolute atomic E-state index is 15.3. The Morgan fingerprint density at radius 3 is 2.39 bits per heavy atom. The lowest BCUT2D eigenvalue weighted by Crippen LogP contribution is -1.92. The van der Waals surface area contributed by atoms with Gasteiger partial charge in [-0.1, -0.05) is 68.7 Å². The van der Waals surface area contributed by atoms with Crippen LogP contribution in [0.25, 0.3) is 22.3 Å². The van der Waals surface area contributed by atoms with Crippen LogP contribution in [0.5, 0.6) is 0 Å². The van der Waals surface area contributed by atoms with E-state index in [0.717, 1.165) is 28.7 Å². The van der Waals surface area contributed by atoms with Crippen molar-refractivity contribution in [3.63, 3.8) is 0 Å². The Hall–Kier alpha value is -2.92. The van der Waals surface area contributed by atoms with Crippen molar-refractivity contribution in [2.75, 3.05) is 0 Å². The molecule has 1 nitrogen and oxygen atoms in total. The Labute approximate surface area is 166 Å². The van der Waals surface area contributed by atoms with Crippen LogP contribution < -0.4 is 0 Å². The van der Waals surface area contributed by atoms with Gasteiger partial charge in [-0.2, -0.15) is 5.26 Å². The molecule has 0 saturated carbocycles. The minimum absolute atomic E-state index is 0.136. The van der Waals surface area contributed by atoms with Crippen LogP contribution in [0.2, 0.25) is 0 Å². The van der Waals surface area contributed by atoms with Gasteiger partial charge in [-0.05, 0) is 52.8 Å². The van der Waals surface area contributed by atoms with Gasteiger partial charge in [0.15, 0.2) is 0 Å². The van der Waals surface area contributed by atoms with Gasteiger partial charge in [0.1, 0.15) is 5.82 Å². The molecule has 0 aliphatic heterocycles. The normalized spacial score (nSPS) is 11.8. The van der Waals surface area contributed by atoms with Crippen molar-refractivity contribution in [3.8, 4) is 28.3 Å². The number of hydrogen-bond acceptors (Lipinski definition) is 1. The Morgan fingerprint density at radius 2 is 1.64 bits per heavy atom. The van der Waals surface area contributed by atoms with E-state index in [4.69, 9.17) is 5.26 Å². The smallest absolute Gasteiger partial charge is 0.135 e. The Balaban J connectivity index is 1.60. The number of fused-ring (bicyclic) bond motifs is 3. The molecule has 0 spiro atoms. The third-order valence-electron chi connectivity index (χ3n) is 5.71. The van der Waals surface area contributed by atoms with Gasteiger partial charge in [0.05, 0.1) is 11.6 Å². The maximum atomic E-state index is 15.3. The fourth-order valence-corrected chi connectivity index (χ4v) is 4.15. The highest BCUT2D eigenvalue weighted by atomic mass is 19.1. The third-order valence-corrected chi connectivity index (χ3v) is 5.71. The van der Waals surface area contributed by atoms with Crippen LogP contribution in [-0.4, -0.2) is 0 Å². The van der Waals surface area contributed by atoms with Gasteiger partial charge < -0.3 is 0 Å². The molecule has 3 aromatic rings. The van der Waals surface area contributed by atoms with E-state index in [-0.39, 0.29) is 5.82 Å². The standard InChI is InChI=1S/C26H24FN/c1-2-3-4-5-6-18-9-12-22-21(15-18)16-25-24(22)14-13-23(26(25)27)20-10-7-19(17-28)8-11-20/h7-15H,2-6,16H2,1H3. The molecule has 0 fully saturated rings. The first-order valence-corrected chi connectivity index (χ1v) is 10.2. The number of nitriles is 1. The first-order chi connectivity index (χ1) is 13.7. The van der Waals surface area contributed by atoms with E-state index in [1.807, 2.05) is 24.3 Å². The van der Waals surface area contributed by atoms with E-state index in [1.54, 1.807) is 12.1 Å². The highest BCUT2D eigenvalue weighted by molar-refractivity contribution is 5.81. The number of halogens is 1. The predicted octanol–water partition coefficient (Wildman–Crippen LogP) is 7.06. The molecule has 1 aliphatic carbocycles. The Kier molecular flexibility index (Phi) is 5.26. The first kappa shape index (κ1) is 18.4. The molecule has 28 heavy (non-hydrogen) atoms. The molecule has 0 heterocycles. The average Bonchev–Trinajstić information content (AvgIpc) is 3.10. The molecule has 2 heteroatoms. The van der Waals surface area contributed by atoms with Crippen molar-refractivity contribution in [2.45, 2.75) is 45.4 Å². The summed E-state index contributed by atoms with van der Waals surface area (Å²) >= 11 is 0. The molecule has 0 bridgehead atoms. The molecule has 4 rings (SSSR count). The summed E-state index contributed by atoms with van der Waals surface area (Å²) in [5, 5.41) is 8.96. The second kappa shape index (κ2) is 7.98. The van der Waals surface area contributed by atoms with Crippen molar-refractivity contribution >= 4 is 0 Å². The van der Waals surface area contributed by atoms with Crippen molar-refractivity contribution in [1.82, 2.24) is 0 Å². The van der Waals surface area contributed by atoms with Crippen molar-refractivity contribution < 1.29 is 4.39 Å². The van der Waals surface area contributed by atoms with Crippen LogP contribution in [0.15, 0.2) is 54.6 Å². The number of hydrogen-bond donors (Lipinski definition) is 0. The number of aryl methyl sites for hydroxylation is 1. The lowest BCUT2D eigenvalue weighted by molar-refractivity contribution is 0.620. The quantitative estimate of drug-likeness (QED) is 0.334. The summed E-state index contributed by atoms with van der Waals surface area (Å²) in [4.78, 5) is 0. The SMILES string of the molecule is CCCCCCc1ccc2c(c1)Cc1c-2ccc(-c2ccc(C#N)cc2)c1F. The molecular formula is C26H24FN. The largest absolute Gasteiger partial charge is 0.206 e. The van der Waals surface area contributed by atoms with E-state index in [1.165, 1.54) is 36.8 Å². The lowest BCUT2D eigenvalue weighted by Gasteiger charge is -2.09. The van der Waals surface area contributed by atoms with Crippen LogP contribution >= 0.6 is 0 Å². The first-order valence-electron chi connectivity index (χ1n) is 10.2. The van der Waals surface area contributed by atoms with Crippen LogP contribution in [0.4, 0.5) is 4.39 Å². The molecule has 0 unspecified atom stereocenters. The Morgan fingerprint density at radius 1 is 0.893 bits per heavy atom. The van der Waals surface area contributed by atoms with Crippen molar-refractivity contribution in [3.05, 3.63) is 82.7 Å². The summed E-state index contributed by atoms with van der Waals surface area (Å²) in [7, 11) is 0. The van der Waals surface area contributed by atoms with E-state index in [2.05, 4.69) is 31.2 Å². The number of unbranched alkanes of at least 4 members (excludes halogenated alkanes) is 3. The summed E-state index contributed by atoms with van der Waals surface area (Å²) in [5.41, 5.74) is 7.57. The minimum Gasteiger partial charge on any atom is -0.206 e. The minimum atomic E-state index is -0.136. The van der Waals surface area contributed by atoms with Gasteiger partial charge in [-0.15, -0.1) is 0 Å². The summed E-state index contributed by atoms with van der Waals surface area (Å²) in [6.07, 6.45) is 6.79. The molecule has 0 radical (unpaired) electrons. The summed E-state index contributed by atoms with van der Waals surface area (Å²) in [6, 6.07) is 19.8. The van der Waals surface area contributed by atoms with Crippen LogP contribution in [0.3, 0.4) is 0 Å². The van der Waals surface area contributed by atoms with Gasteiger partial charge in [0.25, 0.3) is 0 Å². The highest BCUT2D eigenvalue weighted by Gasteiger charge is 2.24. The molecule has 0 amide bonds. The summed E-state index contributed by atoms with van der Waals surface area (Å²) in [5.74, 6) is -0.136. The van der Waals surface area contributed by atoms with Crippen LogP contribution in [0, 0.1) is 17.1 Å². The maximum Gasteiger partial charge on any atom is 0.135 e. The molecule has 0 aromatic heterocycles. The monoisotopic (exact) mass is 369 g/mol. The zero-order valence-electron chi connectivity index (χ0n) is 16.3. The van der Waals surface area contributed by atoms with E-state index in [9.17, 15) is 0 Å². The number of nitrogens with zero attached hydrogens (tertiary/aromatic N) is 1. The van der Waals surface area contributed by atoms with Gasteiger partial charge >= 0.3 is 0 Å². The topological polar surface area (TPSA) is 23.8 Å². The number of rotatable bonds is 6. The summed E-state index contributed by atoms with van der Waals surface area (Å²) < 4.78 is 15.3. The highest BCUT2D eigenvalue weighted by Crippen LogP contribution is 2.41. The molecule has 1 aliphatic rings. The molecule has 0 N–H and O–H groups in total. The van der Waals surface area contributed by atoms with E-state index >= 15 is 4.39 Å². The lowest BCUT2D eigenvalue weighted by atomic mass is 9.97. The molecule has 3 aromatic carbocycles. The third kappa shape index (κ3) is 3.45. The molecular weight excluding hydrogens is 345 g/mol. The summed E-state index contributed by atoms with van der Waals surface area (Å²) in [6.45, 7) is 2.23. The zero-order valence-corrected chi connectivity index (χ0v) is 16.3. The average molecular weight is 369 g/mol. The number of benzene rings is 3. The van der Waals surface area contributed by atoms with Crippen LogP contribution in [-0.2, 0) is 12.8 Å². The second-order valence-corrected chi connectivity index (χ2v) is 7.62. The second-order valence-electron chi connectivity index (χ2n) is 7.62. The van der Waals surface area contributed by atoms with Gasteiger partial charge in [0, 0.05) is 17.5 Å². The fraction of sp³-hybridized carbons (Fsp3) is 0.269. The zero-order chi connectivity index (χ0) is 19.5. The van der Waals surface area contributed by atoms with E-state index in [0.29, 0.717) is 17.5 Å².